The van der Waals surface area contributed by atoms with E-state index in [4.69, 9.17) is 0 Å². The van der Waals surface area contributed by atoms with Crippen LogP contribution in [0.15, 0.2) is 18.2 Å². The van der Waals surface area contributed by atoms with E-state index in [0.29, 0.717) is 5.56 Å². The van der Waals surface area contributed by atoms with Gasteiger partial charge in [0.25, 0.3) is 5.91 Å². The number of hydrogen-bond donors (Lipinski definition) is 1. The predicted octanol–water partition coefficient (Wildman–Crippen LogP) is 3.40. The van der Waals surface area contributed by atoms with Crippen LogP contribution in [0.1, 0.15) is 43.5 Å². The minimum absolute atomic E-state index is 0.0291. The normalized spacial score (nSPS) is 24.1. The molecule has 0 radical (unpaired) electrons. The molecule has 1 saturated heterocycles. The van der Waals surface area contributed by atoms with E-state index in [1.807, 2.05) is 4.90 Å². The van der Waals surface area contributed by atoms with Gasteiger partial charge in [-0.05, 0) is 73.9 Å². The second kappa shape index (κ2) is 5.47. The first-order valence-electron chi connectivity index (χ1n) is 6.32. The van der Waals surface area contributed by atoms with Crippen LogP contribution in [0.25, 0.3) is 0 Å². The number of likely N-dealkylation sites (tertiary alicyclic amines) is 1. The van der Waals surface area contributed by atoms with Crippen LogP contribution in [0.5, 0.6) is 5.75 Å². The average molecular weight is 359 g/mol. The second-order valence-corrected chi connectivity index (χ2v) is 6.17. The van der Waals surface area contributed by atoms with Gasteiger partial charge in [0.2, 0.25) is 0 Å². The van der Waals surface area contributed by atoms with Crippen molar-refractivity contribution in [1.29, 1.82) is 0 Å². The van der Waals surface area contributed by atoms with Crippen molar-refractivity contribution in [2.75, 3.05) is 0 Å². The smallest absolute Gasteiger partial charge is 0.254 e. The molecule has 2 rings (SSSR count). The van der Waals surface area contributed by atoms with Gasteiger partial charge in [-0.2, -0.15) is 0 Å². The number of benzene rings is 1. The minimum Gasteiger partial charge on any atom is -0.507 e. The number of amides is 1. The number of carbonyl (C=O) groups is 1. The number of aromatic hydroxyl groups is 1. The lowest BCUT2D eigenvalue weighted by molar-refractivity contribution is 0.0510. The highest BCUT2D eigenvalue weighted by atomic mass is 127. The molecule has 0 bridgehead atoms. The Morgan fingerprint density at radius 1 is 1.33 bits per heavy atom. The van der Waals surface area contributed by atoms with E-state index in [1.165, 1.54) is 6.42 Å². The van der Waals surface area contributed by atoms with Crippen LogP contribution in [-0.4, -0.2) is 28.0 Å². The fourth-order valence-corrected chi connectivity index (χ4v) is 2.95. The van der Waals surface area contributed by atoms with Crippen molar-refractivity contribution in [1.82, 2.24) is 4.90 Å². The van der Waals surface area contributed by atoms with Crippen LogP contribution in [0, 0.1) is 3.57 Å². The highest BCUT2D eigenvalue weighted by Gasteiger charge is 2.29. The number of carbonyl (C=O) groups excluding carboxylic acids is 1. The molecule has 98 valence electrons. The number of halogens is 1. The zero-order valence-corrected chi connectivity index (χ0v) is 12.8. The van der Waals surface area contributed by atoms with Gasteiger partial charge < -0.3 is 10.0 Å². The van der Waals surface area contributed by atoms with Gasteiger partial charge >= 0.3 is 0 Å². The lowest BCUT2D eigenvalue weighted by Gasteiger charge is -2.39. The molecule has 18 heavy (non-hydrogen) atoms. The van der Waals surface area contributed by atoms with Crippen LogP contribution < -0.4 is 0 Å². The van der Waals surface area contributed by atoms with Crippen LogP contribution in [0.2, 0.25) is 0 Å². The summed E-state index contributed by atoms with van der Waals surface area (Å²) in [6.07, 6.45) is 3.31. The van der Waals surface area contributed by atoms with E-state index in [-0.39, 0.29) is 23.7 Å². The first-order chi connectivity index (χ1) is 8.50. The largest absolute Gasteiger partial charge is 0.507 e. The van der Waals surface area contributed by atoms with Crippen molar-refractivity contribution in [3.63, 3.8) is 0 Å². The maximum atomic E-state index is 12.5. The van der Waals surface area contributed by atoms with Gasteiger partial charge in [-0.25, -0.2) is 0 Å². The zero-order valence-electron chi connectivity index (χ0n) is 10.7. The SMILES string of the molecule is C[C@@H]1CCC[C@H](C)N1C(=O)c1ccc(I)c(O)c1. The van der Waals surface area contributed by atoms with Gasteiger partial charge in [0.15, 0.2) is 0 Å². The highest BCUT2D eigenvalue weighted by Crippen LogP contribution is 2.27. The van der Waals surface area contributed by atoms with Crippen LogP contribution >= 0.6 is 22.6 Å². The Bertz CT molecular complexity index is 451. The molecule has 1 fully saturated rings. The Kier molecular flexibility index (Phi) is 4.14. The molecule has 1 aliphatic heterocycles. The Balaban J connectivity index is 2.26. The summed E-state index contributed by atoms with van der Waals surface area (Å²) in [5, 5.41) is 9.70. The fraction of sp³-hybridized carbons (Fsp3) is 0.500. The molecule has 0 unspecified atom stereocenters. The van der Waals surface area contributed by atoms with E-state index in [1.54, 1.807) is 18.2 Å². The van der Waals surface area contributed by atoms with Gasteiger partial charge in [-0.1, -0.05) is 0 Å². The number of rotatable bonds is 1. The second-order valence-electron chi connectivity index (χ2n) is 5.01. The summed E-state index contributed by atoms with van der Waals surface area (Å²) >= 11 is 2.05. The van der Waals surface area contributed by atoms with E-state index in [0.717, 1.165) is 16.4 Å². The van der Waals surface area contributed by atoms with Gasteiger partial charge in [0.1, 0.15) is 5.75 Å². The molecule has 3 nitrogen and oxygen atoms in total. The Morgan fingerprint density at radius 2 is 1.94 bits per heavy atom. The summed E-state index contributed by atoms with van der Waals surface area (Å²) in [5.74, 6) is 0.208. The molecule has 0 saturated carbocycles. The quantitative estimate of drug-likeness (QED) is 0.781. The number of hydrogen-bond acceptors (Lipinski definition) is 2. The zero-order chi connectivity index (χ0) is 13.3. The lowest BCUT2D eigenvalue weighted by Crippen LogP contribution is -2.47. The summed E-state index contributed by atoms with van der Waals surface area (Å²) in [4.78, 5) is 14.4. The number of phenols is 1. The third kappa shape index (κ3) is 2.63. The molecule has 0 spiro atoms. The van der Waals surface area contributed by atoms with Gasteiger partial charge in [0, 0.05) is 17.6 Å². The standard InChI is InChI=1S/C14H18INO2/c1-9-4-3-5-10(2)16(9)14(18)11-6-7-12(15)13(17)8-11/h6-10,17H,3-5H2,1-2H3/t9-,10+. The summed E-state index contributed by atoms with van der Waals surface area (Å²) in [5.41, 5.74) is 0.577. The van der Waals surface area contributed by atoms with Crippen LogP contribution in [0.4, 0.5) is 0 Å². The van der Waals surface area contributed by atoms with E-state index in [9.17, 15) is 9.90 Å². The molecule has 1 amide bonds. The van der Waals surface area contributed by atoms with E-state index in [2.05, 4.69) is 36.4 Å². The molecule has 1 heterocycles. The molecular weight excluding hydrogens is 341 g/mol. The minimum atomic E-state index is 0.0291. The summed E-state index contributed by atoms with van der Waals surface area (Å²) in [6.45, 7) is 4.19. The Hall–Kier alpha value is -0.780. The van der Waals surface area contributed by atoms with Crippen LogP contribution in [0.3, 0.4) is 0 Å². The van der Waals surface area contributed by atoms with Crippen molar-refractivity contribution in [3.05, 3.63) is 27.3 Å². The maximum Gasteiger partial charge on any atom is 0.254 e. The average Bonchev–Trinajstić information content (AvgIpc) is 2.32. The molecule has 4 heteroatoms. The molecule has 1 aromatic carbocycles. The van der Waals surface area contributed by atoms with Crippen molar-refractivity contribution < 1.29 is 9.90 Å². The molecule has 0 aliphatic carbocycles. The van der Waals surface area contributed by atoms with Gasteiger partial charge in [-0.3, -0.25) is 4.79 Å². The number of phenolic OH excluding ortho intramolecular Hbond substituents is 1. The summed E-state index contributed by atoms with van der Waals surface area (Å²) in [7, 11) is 0. The summed E-state index contributed by atoms with van der Waals surface area (Å²) in [6, 6.07) is 5.70. The topological polar surface area (TPSA) is 40.5 Å². The molecule has 1 aliphatic rings. The molecule has 0 aromatic heterocycles. The molecule has 2 atom stereocenters. The monoisotopic (exact) mass is 359 g/mol. The van der Waals surface area contributed by atoms with Crippen molar-refractivity contribution in [3.8, 4) is 5.75 Å². The predicted molar refractivity (Wildman–Crippen MR) is 79.8 cm³/mol. The number of piperidine rings is 1. The van der Waals surface area contributed by atoms with Gasteiger partial charge in [0.05, 0.1) is 3.57 Å². The van der Waals surface area contributed by atoms with E-state index < -0.39 is 0 Å². The Labute approximate surface area is 121 Å². The van der Waals surface area contributed by atoms with E-state index >= 15 is 0 Å². The van der Waals surface area contributed by atoms with Crippen molar-refractivity contribution in [2.24, 2.45) is 0 Å². The van der Waals surface area contributed by atoms with Crippen molar-refractivity contribution >= 4 is 28.5 Å². The maximum absolute atomic E-state index is 12.5. The lowest BCUT2D eigenvalue weighted by atomic mass is 9.96. The first kappa shape index (κ1) is 13.6. The summed E-state index contributed by atoms with van der Waals surface area (Å²) < 4.78 is 0.767. The highest BCUT2D eigenvalue weighted by molar-refractivity contribution is 14.1. The third-order valence-electron chi connectivity index (χ3n) is 3.62. The Morgan fingerprint density at radius 3 is 2.50 bits per heavy atom. The first-order valence-corrected chi connectivity index (χ1v) is 7.39. The molecular formula is C14H18INO2. The molecule has 1 N–H and O–H groups in total. The molecule has 1 aromatic rings. The van der Waals surface area contributed by atoms with Crippen LogP contribution in [-0.2, 0) is 0 Å². The fourth-order valence-electron chi connectivity index (χ4n) is 2.62. The van der Waals surface area contributed by atoms with Gasteiger partial charge in [-0.15, -0.1) is 0 Å². The van der Waals surface area contributed by atoms with Crippen molar-refractivity contribution in [2.45, 2.75) is 45.2 Å². The number of nitrogens with zero attached hydrogens (tertiary/aromatic N) is 1. The third-order valence-corrected chi connectivity index (χ3v) is 4.53.